The number of aromatic nitrogens is 2. The molecule has 8 nitrogen and oxygen atoms in total. The molecule has 26 heavy (non-hydrogen) atoms. The van der Waals surface area contributed by atoms with Gasteiger partial charge in [-0.1, -0.05) is 11.6 Å². The summed E-state index contributed by atoms with van der Waals surface area (Å²) in [6.07, 6.45) is 0.633. The first-order chi connectivity index (χ1) is 12.4. The van der Waals surface area contributed by atoms with Crippen LogP contribution in [0.15, 0.2) is 33.6 Å². The van der Waals surface area contributed by atoms with Crippen LogP contribution in [0.3, 0.4) is 0 Å². The Hall–Kier alpha value is -1.97. The van der Waals surface area contributed by atoms with Crippen molar-refractivity contribution in [3.63, 3.8) is 0 Å². The van der Waals surface area contributed by atoms with E-state index in [1.54, 1.807) is 24.0 Å². The average Bonchev–Trinajstić information content (AvgIpc) is 3.05. The second kappa shape index (κ2) is 7.73. The zero-order valence-electron chi connectivity index (χ0n) is 14.3. The Kier molecular flexibility index (Phi) is 5.59. The summed E-state index contributed by atoms with van der Waals surface area (Å²) in [5.74, 6) is 0.845. The third-order valence-corrected chi connectivity index (χ3v) is 6.33. The number of hydrogen-bond donors (Lipinski definition) is 0. The van der Waals surface area contributed by atoms with Crippen molar-refractivity contribution in [1.82, 2.24) is 19.4 Å². The van der Waals surface area contributed by atoms with Crippen LogP contribution < -0.4 is 0 Å². The lowest BCUT2D eigenvalue weighted by molar-refractivity contribution is -0.132. The number of rotatable bonds is 5. The lowest BCUT2D eigenvalue weighted by Gasteiger charge is -2.34. The van der Waals surface area contributed by atoms with Crippen LogP contribution in [0.4, 0.5) is 0 Å². The first-order valence-electron chi connectivity index (χ1n) is 8.19. The number of halogens is 1. The second-order valence-electron chi connectivity index (χ2n) is 5.95. The van der Waals surface area contributed by atoms with Gasteiger partial charge in [0.25, 0.3) is 0 Å². The van der Waals surface area contributed by atoms with E-state index in [2.05, 4.69) is 10.2 Å². The van der Waals surface area contributed by atoms with Crippen LogP contribution in [0.5, 0.6) is 0 Å². The number of hydrogen-bond acceptors (Lipinski definition) is 6. The van der Waals surface area contributed by atoms with Gasteiger partial charge in [-0.15, -0.1) is 10.2 Å². The Morgan fingerprint density at radius 2 is 1.81 bits per heavy atom. The van der Waals surface area contributed by atoms with E-state index in [9.17, 15) is 13.2 Å². The number of carbonyl (C=O) groups excluding carboxylic acids is 1. The minimum Gasteiger partial charge on any atom is -0.426 e. The van der Waals surface area contributed by atoms with E-state index in [0.29, 0.717) is 36.3 Å². The van der Waals surface area contributed by atoms with Gasteiger partial charge in [0.15, 0.2) is 0 Å². The fraction of sp³-hybridized carbons (Fsp3) is 0.438. The van der Waals surface area contributed by atoms with Crippen LogP contribution >= 0.6 is 11.6 Å². The summed E-state index contributed by atoms with van der Waals surface area (Å²) in [5, 5.41) is 8.07. The molecule has 1 aliphatic rings. The van der Waals surface area contributed by atoms with Gasteiger partial charge >= 0.3 is 0 Å². The van der Waals surface area contributed by atoms with E-state index in [1.807, 2.05) is 0 Å². The molecule has 2 aromatic rings. The molecule has 1 fully saturated rings. The molecule has 0 radical (unpaired) electrons. The second-order valence-corrected chi connectivity index (χ2v) is 8.33. The van der Waals surface area contributed by atoms with Crippen molar-refractivity contribution in [2.24, 2.45) is 0 Å². The summed E-state index contributed by atoms with van der Waals surface area (Å²) in [4.78, 5) is 14.2. The molecule has 0 bridgehead atoms. The molecular formula is C16H19ClN4O4S. The minimum absolute atomic E-state index is 0.0515. The highest BCUT2D eigenvalue weighted by Crippen LogP contribution is 2.20. The molecule has 10 heteroatoms. The molecule has 0 atom stereocenters. The number of nitrogens with zero attached hydrogens (tertiary/aromatic N) is 4. The molecule has 2 heterocycles. The van der Waals surface area contributed by atoms with Gasteiger partial charge in [0.1, 0.15) is 0 Å². The molecule has 1 amide bonds. The zero-order valence-corrected chi connectivity index (χ0v) is 15.8. The Balaban J connectivity index is 1.54. The number of amides is 1. The van der Waals surface area contributed by atoms with Gasteiger partial charge in [-0.05, 0) is 24.3 Å². The topological polar surface area (TPSA) is 96.6 Å². The van der Waals surface area contributed by atoms with E-state index in [1.165, 1.54) is 16.4 Å². The third kappa shape index (κ3) is 4.22. The highest BCUT2D eigenvalue weighted by Gasteiger charge is 2.30. The van der Waals surface area contributed by atoms with Crippen LogP contribution in [0.2, 0.25) is 5.02 Å². The molecule has 1 aliphatic heterocycles. The van der Waals surface area contributed by atoms with Crippen molar-refractivity contribution in [1.29, 1.82) is 0 Å². The highest BCUT2D eigenvalue weighted by molar-refractivity contribution is 7.89. The fourth-order valence-corrected chi connectivity index (χ4v) is 4.29. The molecule has 1 aromatic carbocycles. The normalized spacial score (nSPS) is 16.0. The number of benzene rings is 1. The highest BCUT2D eigenvalue weighted by atomic mass is 35.5. The Morgan fingerprint density at radius 3 is 2.38 bits per heavy atom. The zero-order chi connectivity index (χ0) is 18.7. The van der Waals surface area contributed by atoms with E-state index >= 15 is 0 Å². The van der Waals surface area contributed by atoms with Crippen molar-refractivity contribution in [3.8, 4) is 0 Å². The maximum Gasteiger partial charge on any atom is 0.243 e. The number of aryl methyl sites for hydroxylation is 2. The predicted octanol–water partition coefficient (Wildman–Crippen LogP) is 1.50. The third-order valence-electron chi connectivity index (χ3n) is 4.16. The molecule has 3 rings (SSSR count). The van der Waals surface area contributed by atoms with E-state index in [0.717, 1.165) is 0 Å². The summed E-state index contributed by atoms with van der Waals surface area (Å²) in [5.41, 5.74) is 0. The molecule has 1 aromatic heterocycles. The van der Waals surface area contributed by atoms with Gasteiger partial charge in [0, 0.05) is 51.0 Å². The monoisotopic (exact) mass is 398 g/mol. The number of carbonyl (C=O) groups is 1. The number of piperazine rings is 1. The maximum atomic E-state index is 12.6. The summed E-state index contributed by atoms with van der Waals surface area (Å²) < 4.78 is 31.9. The van der Waals surface area contributed by atoms with Crippen LogP contribution in [-0.2, 0) is 21.2 Å². The molecule has 0 aliphatic carbocycles. The van der Waals surface area contributed by atoms with E-state index < -0.39 is 10.0 Å². The molecular weight excluding hydrogens is 380 g/mol. The summed E-state index contributed by atoms with van der Waals surface area (Å²) in [6.45, 7) is 2.93. The van der Waals surface area contributed by atoms with Gasteiger partial charge in [-0.25, -0.2) is 8.42 Å². The maximum absolute atomic E-state index is 12.6. The van der Waals surface area contributed by atoms with Gasteiger partial charge in [0.2, 0.25) is 27.7 Å². The molecule has 0 unspecified atom stereocenters. The standard InChI is InChI=1S/C16H19ClN4O4S/c1-12-18-19-15(25-12)6-7-16(22)20-8-10-21(11-9-20)26(23,24)14-4-2-13(17)3-5-14/h2-5H,6-11H2,1H3. The van der Waals surface area contributed by atoms with Gasteiger partial charge in [-0.2, -0.15) is 4.31 Å². The van der Waals surface area contributed by atoms with Crippen molar-refractivity contribution >= 4 is 27.5 Å². The van der Waals surface area contributed by atoms with Crippen molar-refractivity contribution in [2.45, 2.75) is 24.7 Å². The fourth-order valence-electron chi connectivity index (χ4n) is 2.74. The lowest BCUT2D eigenvalue weighted by Crippen LogP contribution is -2.50. The van der Waals surface area contributed by atoms with Crippen molar-refractivity contribution in [3.05, 3.63) is 41.1 Å². The summed E-state index contributed by atoms with van der Waals surface area (Å²) in [6, 6.07) is 6.07. The first kappa shape index (κ1) is 18.8. The van der Waals surface area contributed by atoms with Crippen LogP contribution in [0.25, 0.3) is 0 Å². The molecule has 0 saturated carbocycles. The molecule has 0 spiro atoms. The molecule has 1 saturated heterocycles. The van der Waals surface area contributed by atoms with Crippen LogP contribution in [-0.4, -0.2) is 59.9 Å². The smallest absolute Gasteiger partial charge is 0.243 e. The molecule has 0 N–H and O–H groups in total. The quantitative estimate of drug-likeness (QED) is 0.757. The SMILES string of the molecule is Cc1nnc(CCC(=O)N2CCN(S(=O)(=O)c3ccc(Cl)cc3)CC2)o1. The summed E-state index contributed by atoms with van der Waals surface area (Å²) >= 11 is 5.81. The van der Waals surface area contributed by atoms with Crippen molar-refractivity contribution < 1.29 is 17.6 Å². The summed E-state index contributed by atoms with van der Waals surface area (Å²) in [7, 11) is -3.58. The number of sulfonamides is 1. The Bertz CT molecular complexity index is 874. The average molecular weight is 399 g/mol. The molecule has 140 valence electrons. The van der Waals surface area contributed by atoms with Gasteiger partial charge < -0.3 is 9.32 Å². The van der Waals surface area contributed by atoms with Gasteiger partial charge in [0.05, 0.1) is 4.90 Å². The van der Waals surface area contributed by atoms with Crippen LogP contribution in [0, 0.1) is 6.92 Å². The predicted molar refractivity (Wildman–Crippen MR) is 94.1 cm³/mol. The van der Waals surface area contributed by atoms with Gasteiger partial charge in [-0.3, -0.25) is 4.79 Å². The van der Waals surface area contributed by atoms with Crippen molar-refractivity contribution in [2.75, 3.05) is 26.2 Å². The van der Waals surface area contributed by atoms with E-state index in [4.69, 9.17) is 16.0 Å². The first-order valence-corrected chi connectivity index (χ1v) is 10.0. The Morgan fingerprint density at radius 1 is 1.15 bits per heavy atom. The largest absolute Gasteiger partial charge is 0.426 e. The lowest BCUT2D eigenvalue weighted by atomic mass is 10.2. The van der Waals surface area contributed by atoms with Crippen LogP contribution in [0.1, 0.15) is 18.2 Å². The Labute approximate surface area is 156 Å². The minimum atomic E-state index is -3.58. The van der Waals surface area contributed by atoms with E-state index in [-0.39, 0.29) is 30.3 Å².